The van der Waals surface area contributed by atoms with Gasteiger partial charge in [0.1, 0.15) is 11.4 Å². The Morgan fingerprint density at radius 1 is 1.38 bits per heavy atom. The summed E-state index contributed by atoms with van der Waals surface area (Å²) in [6.45, 7) is 7.00. The summed E-state index contributed by atoms with van der Waals surface area (Å²) in [5.74, 6) is 0.187. The van der Waals surface area contributed by atoms with E-state index in [0.29, 0.717) is 19.5 Å². The van der Waals surface area contributed by atoms with Crippen molar-refractivity contribution in [1.29, 1.82) is 0 Å². The molecule has 0 spiro atoms. The summed E-state index contributed by atoms with van der Waals surface area (Å²) in [5, 5.41) is 12.5. The minimum absolute atomic E-state index is 0.517. The van der Waals surface area contributed by atoms with Crippen LogP contribution in [0.2, 0.25) is 0 Å². The third-order valence-electron chi connectivity index (χ3n) is 3.92. The lowest BCUT2D eigenvalue weighted by atomic mass is 9.98. The van der Waals surface area contributed by atoms with Gasteiger partial charge in [0, 0.05) is 13.0 Å². The van der Waals surface area contributed by atoms with Crippen LogP contribution in [0.5, 0.6) is 0 Å². The van der Waals surface area contributed by atoms with Crippen LogP contribution in [0.1, 0.15) is 33.0 Å². The highest BCUT2D eigenvalue weighted by atomic mass is 16.4. The van der Waals surface area contributed by atoms with Crippen LogP contribution in [-0.4, -0.2) is 32.7 Å². The summed E-state index contributed by atoms with van der Waals surface area (Å²) in [4.78, 5) is 16.1. The molecule has 0 saturated heterocycles. The Kier molecular flexibility index (Phi) is 4.63. The highest BCUT2D eigenvalue weighted by Crippen LogP contribution is 2.19. The number of aromatic nitrogens is 2. The highest BCUT2D eigenvalue weighted by Gasteiger charge is 2.31. The van der Waals surface area contributed by atoms with E-state index in [9.17, 15) is 9.90 Å². The van der Waals surface area contributed by atoms with E-state index >= 15 is 0 Å². The molecule has 1 aromatic heterocycles. The van der Waals surface area contributed by atoms with Gasteiger partial charge in [-0.1, -0.05) is 26.0 Å². The number of carboxylic acids is 1. The number of nitrogens with zero attached hydrogens (tertiary/aromatic N) is 2. The topological polar surface area (TPSA) is 67.2 Å². The lowest BCUT2D eigenvalue weighted by Gasteiger charge is -2.26. The molecular formula is C16H23N3O2. The first-order chi connectivity index (χ1) is 10.0. The van der Waals surface area contributed by atoms with Crippen LogP contribution in [0.15, 0.2) is 24.3 Å². The SMILES string of the molecule is CCNC(C)(CCn1c(CC)nc2ccccc21)C(=O)O. The monoisotopic (exact) mass is 289 g/mol. The van der Waals surface area contributed by atoms with Crippen molar-refractivity contribution in [1.82, 2.24) is 14.9 Å². The molecule has 114 valence electrons. The summed E-state index contributed by atoms with van der Waals surface area (Å²) in [7, 11) is 0. The molecule has 2 aromatic rings. The van der Waals surface area contributed by atoms with E-state index < -0.39 is 11.5 Å². The number of fused-ring (bicyclic) bond motifs is 1. The van der Waals surface area contributed by atoms with E-state index in [1.165, 1.54) is 0 Å². The van der Waals surface area contributed by atoms with Crippen molar-refractivity contribution in [2.45, 2.75) is 45.7 Å². The fourth-order valence-corrected chi connectivity index (χ4v) is 2.64. The Labute approximate surface area is 125 Å². The van der Waals surface area contributed by atoms with Gasteiger partial charge in [-0.25, -0.2) is 4.98 Å². The fourth-order valence-electron chi connectivity index (χ4n) is 2.64. The van der Waals surface area contributed by atoms with Gasteiger partial charge in [-0.05, 0) is 32.0 Å². The van der Waals surface area contributed by atoms with E-state index in [1.54, 1.807) is 6.92 Å². The van der Waals surface area contributed by atoms with Crippen molar-refractivity contribution < 1.29 is 9.90 Å². The van der Waals surface area contributed by atoms with Crippen LogP contribution in [0, 0.1) is 0 Å². The molecule has 5 nitrogen and oxygen atoms in total. The van der Waals surface area contributed by atoms with E-state index in [0.717, 1.165) is 23.3 Å². The Hall–Kier alpha value is -1.88. The number of para-hydroxylation sites is 2. The highest BCUT2D eigenvalue weighted by molar-refractivity contribution is 5.78. The minimum Gasteiger partial charge on any atom is -0.480 e. The quantitative estimate of drug-likeness (QED) is 0.821. The standard InChI is InChI=1S/C16H23N3O2/c1-4-14-18-12-8-6-7-9-13(12)19(14)11-10-16(3,15(20)21)17-5-2/h6-9,17H,4-5,10-11H2,1-3H3,(H,20,21). The molecule has 0 saturated carbocycles. The summed E-state index contributed by atoms with van der Waals surface area (Å²) in [6.07, 6.45) is 1.35. The van der Waals surface area contributed by atoms with Crippen molar-refractivity contribution in [3.05, 3.63) is 30.1 Å². The summed E-state index contributed by atoms with van der Waals surface area (Å²) >= 11 is 0. The number of imidazole rings is 1. The number of aryl methyl sites for hydroxylation is 2. The molecule has 1 aromatic carbocycles. The normalized spacial score (nSPS) is 14.2. The Morgan fingerprint density at radius 3 is 2.71 bits per heavy atom. The second kappa shape index (κ2) is 6.26. The van der Waals surface area contributed by atoms with Crippen LogP contribution in [0.4, 0.5) is 0 Å². The molecule has 0 fully saturated rings. The lowest BCUT2D eigenvalue weighted by Crippen LogP contribution is -2.50. The zero-order valence-electron chi connectivity index (χ0n) is 12.9. The smallest absolute Gasteiger partial charge is 0.323 e. The number of hydrogen-bond acceptors (Lipinski definition) is 3. The largest absolute Gasteiger partial charge is 0.480 e. The van der Waals surface area contributed by atoms with Crippen LogP contribution in [0.3, 0.4) is 0 Å². The van der Waals surface area contributed by atoms with E-state index in [1.807, 2.05) is 31.2 Å². The van der Waals surface area contributed by atoms with Crippen LogP contribution < -0.4 is 5.32 Å². The first-order valence-corrected chi connectivity index (χ1v) is 7.44. The fraction of sp³-hybridized carbons (Fsp3) is 0.500. The Balaban J connectivity index is 2.28. The molecule has 0 bridgehead atoms. The molecule has 0 aliphatic rings. The number of rotatable bonds is 7. The van der Waals surface area contributed by atoms with Gasteiger partial charge < -0.3 is 15.0 Å². The second-order valence-corrected chi connectivity index (χ2v) is 5.44. The maximum atomic E-state index is 11.5. The summed E-state index contributed by atoms with van der Waals surface area (Å²) in [6, 6.07) is 7.98. The average molecular weight is 289 g/mol. The summed E-state index contributed by atoms with van der Waals surface area (Å²) in [5.41, 5.74) is 1.12. The molecule has 0 amide bonds. The molecule has 1 heterocycles. The van der Waals surface area contributed by atoms with Crippen molar-refractivity contribution >= 4 is 17.0 Å². The number of hydrogen-bond donors (Lipinski definition) is 2. The van der Waals surface area contributed by atoms with Crippen molar-refractivity contribution in [2.75, 3.05) is 6.54 Å². The first kappa shape index (κ1) is 15.5. The van der Waals surface area contributed by atoms with Gasteiger partial charge >= 0.3 is 5.97 Å². The molecule has 1 unspecified atom stereocenters. The number of likely N-dealkylation sites (N-methyl/N-ethyl adjacent to an activating group) is 1. The maximum Gasteiger partial charge on any atom is 0.323 e. The van der Waals surface area contributed by atoms with E-state index in [2.05, 4.69) is 21.8 Å². The van der Waals surface area contributed by atoms with Gasteiger partial charge in [-0.2, -0.15) is 0 Å². The molecule has 0 aliphatic carbocycles. The van der Waals surface area contributed by atoms with Gasteiger partial charge in [0.05, 0.1) is 11.0 Å². The number of nitrogens with one attached hydrogen (secondary N) is 1. The molecule has 1 atom stereocenters. The predicted molar refractivity (Wildman–Crippen MR) is 83.4 cm³/mol. The maximum absolute atomic E-state index is 11.5. The van der Waals surface area contributed by atoms with Crippen LogP contribution in [-0.2, 0) is 17.8 Å². The third-order valence-corrected chi connectivity index (χ3v) is 3.92. The Morgan fingerprint density at radius 2 is 2.10 bits per heavy atom. The van der Waals surface area contributed by atoms with Gasteiger partial charge in [0.2, 0.25) is 0 Å². The second-order valence-electron chi connectivity index (χ2n) is 5.44. The molecule has 2 N–H and O–H groups in total. The van der Waals surface area contributed by atoms with Gasteiger partial charge in [0.15, 0.2) is 0 Å². The first-order valence-electron chi connectivity index (χ1n) is 7.44. The van der Waals surface area contributed by atoms with Gasteiger partial charge in [-0.15, -0.1) is 0 Å². The molecular weight excluding hydrogens is 266 g/mol. The number of benzene rings is 1. The number of carbonyl (C=O) groups is 1. The predicted octanol–water partition coefficient (Wildman–Crippen LogP) is 2.44. The molecule has 0 aliphatic heterocycles. The Bertz CT molecular complexity index is 635. The molecule has 21 heavy (non-hydrogen) atoms. The summed E-state index contributed by atoms with van der Waals surface area (Å²) < 4.78 is 2.13. The van der Waals surface area contributed by atoms with Crippen molar-refractivity contribution in [3.63, 3.8) is 0 Å². The van der Waals surface area contributed by atoms with Crippen molar-refractivity contribution in [2.24, 2.45) is 0 Å². The zero-order valence-corrected chi connectivity index (χ0v) is 12.9. The van der Waals surface area contributed by atoms with Crippen molar-refractivity contribution in [3.8, 4) is 0 Å². The van der Waals surface area contributed by atoms with Gasteiger partial charge in [-0.3, -0.25) is 4.79 Å². The zero-order chi connectivity index (χ0) is 15.5. The molecule has 0 radical (unpaired) electrons. The van der Waals surface area contributed by atoms with Crippen LogP contribution in [0.25, 0.3) is 11.0 Å². The average Bonchev–Trinajstić information content (AvgIpc) is 2.83. The number of aliphatic carboxylic acids is 1. The lowest BCUT2D eigenvalue weighted by molar-refractivity contribution is -0.144. The molecule has 2 rings (SSSR count). The number of carboxylic acid groups (broad SMARTS) is 1. The minimum atomic E-state index is -0.912. The van der Waals surface area contributed by atoms with E-state index in [4.69, 9.17) is 0 Å². The van der Waals surface area contributed by atoms with Crippen LogP contribution >= 0.6 is 0 Å². The van der Waals surface area contributed by atoms with Gasteiger partial charge in [0.25, 0.3) is 0 Å². The molecule has 5 heteroatoms. The van der Waals surface area contributed by atoms with E-state index in [-0.39, 0.29) is 0 Å². The third kappa shape index (κ3) is 3.08.